The molecule has 0 aromatic heterocycles. The highest BCUT2D eigenvalue weighted by atomic mass is 16.7. The number of allylic oxidation sites excluding steroid dienone is 10. The number of hydrogen-bond donors (Lipinski definition) is 0. The van der Waals surface area contributed by atoms with E-state index in [0.717, 1.165) is 6.42 Å². The summed E-state index contributed by atoms with van der Waals surface area (Å²) in [6.45, 7) is 5.57. The molecule has 0 aliphatic carbocycles. The van der Waals surface area contributed by atoms with Crippen molar-refractivity contribution in [3.05, 3.63) is 96.7 Å². The zero-order valence-electron chi connectivity index (χ0n) is 18.1. The normalized spacial score (nSPS) is 13.3. The lowest BCUT2D eigenvalue weighted by atomic mass is 10.2. The van der Waals surface area contributed by atoms with Crippen molar-refractivity contribution < 1.29 is 19.1 Å². The lowest BCUT2D eigenvalue weighted by Gasteiger charge is -2.19. The van der Waals surface area contributed by atoms with Crippen LogP contribution >= 0.6 is 0 Å². The molecule has 1 rings (SSSR count). The number of rotatable bonds is 12. The van der Waals surface area contributed by atoms with E-state index in [1.807, 2.05) is 60.8 Å². The SMILES string of the molecule is CC/C=C/C=CC=CC=CC=CCCC(=O)OC(OC(=O)C(C)C)c1ccccc1. The molecule has 0 saturated heterocycles. The fraction of sp³-hybridized carbons (Fsp3) is 0.308. The summed E-state index contributed by atoms with van der Waals surface area (Å²) in [5, 5.41) is 0. The Morgan fingerprint density at radius 1 is 0.833 bits per heavy atom. The molecule has 0 N–H and O–H groups in total. The summed E-state index contributed by atoms with van der Waals surface area (Å²) in [5.74, 6) is -1.13. The molecule has 1 aromatic carbocycles. The Morgan fingerprint density at radius 2 is 1.40 bits per heavy atom. The Hall–Kier alpha value is -3.14. The molecule has 0 heterocycles. The summed E-state index contributed by atoms with van der Waals surface area (Å²) in [4.78, 5) is 24.1. The van der Waals surface area contributed by atoms with Crippen LogP contribution in [0.1, 0.15) is 51.9 Å². The minimum absolute atomic E-state index is 0.204. The molecule has 0 fully saturated rings. The van der Waals surface area contributed by atoms with Crippen LogP contribution in [0, 0.1) is 5.92 Å². The Labute approximate surface area is 180 Å². The first-order chi connectivity index (χ1) is 14.5. The number of benzene rings is 1. The smallest absolute Gasteiger partial charge is 0.311 e. The van der Waals surface area contributed by atoms with E-state index in [-0.39, 0.29) is 12.3 Å². The molecule has 0 aliphatic heterocycles. The number of carbonyl (C=O) groups is 2. The van der Waals surface area contributed by atoms with E-state index in [4.69, 9.17) is 9.47 Å². The van der Waals surface area contributed by atoms with Crippen LogP contribution in [-0.2, 0) is 19.1 Å². The van der Waals surface area contributed by atoms with Crippen molar-refractivity contribution in [2.75, 3.05) is 0 Å². The van der Waals surface area contributed by atoms with Gasteiger partial charge in [0.05, 0.1) is 5.92 Å². The number of carbonyl (C=O) groups excluding carboxylic acids is 2. The Morgan fingerprint density at radius 3 is 1.97 bits per heavy atom. The van der Waals surface area contributed by atoms with Crippen LogP contribution in [0.3, 0.4) is 0 Å². The van der Waals surface area contributed by atoms with Gasteiger partial charge in [-0.3, -0.25) is 9.59 Å². The second-order valence-corrected chi connectivity index (χ2v) is 6.78. The van der Waals surface area contributed by atoms with Crippen LogP contribution in [0.15, 0.2) is 91.1 Å². The minimum Gasteiger partial charge on any atom is -0.421 e. The fourth-order valence-corrected chi connectivity index (χ4v) is 2.17. The van der Waals surface area contributed by atoms with Crippen molar-refractivity contribution in [1.82, 2.24) is 0 Å². The maximum Gasteiger partial charge on any atom is 0.311 e. The largest absolute Gasteiger partial charge is 0.421 e. The van der Waals surface area contributed by atoms with Gasteiger partial charge in [0.25, 0.3) is 6.29 Å². The lowest BCUT2D eigenvalue weighted by molar-refractivity contribution is -0.192. The number of hydrogen-bond acceptors (Lipinski definition) is 4. The molecule has 0 saturated carbocycles. The molecule has 4 nitrogen and oxygen atoms in total. The second-order valence-electron chi connectivity index (χ2n) is 6.78. The average Bonchev–Trinajstić information content (AvgIpc) is 2.74. The highest BCUT2D eigenvalue weighted by Gasteiger charge is 2.22. The van der Waals surface area contributed by atoms with Crippen molar-refractivity contribution in [3.63, 3.8) is 0 Å². The molecule has 1 aromatic rings. The monoisotopic (exact) mass is 408 g/mol. The van der Waals surface area contributed by atoms with E-state index < -0.39 is 18.2 Å². The van der Waals surface area contributed by atoms with Crippen LogP contribution in [0.4, 0.5) is 0 Å². The molecule has 0 amide bonds. The van der Waals surface area contributed by atoms with Gasteiger partial charge in [0, 0.05) is 12.0 Å². The summed E-state index contributed by atoms with van der Waals surface area (Å²) in [5.41, 5.74) is 0.629. The highest BCUT2D eigenvalue weighted by Crippen LogP contribution is 2.21. The van der Waals surface area contributed by atoms with Crippen LogP contribution < -0.4 is 0 Å². The van der Waals surface area contributed by atoms with Gasteiger partial charge in [-0.25, -0.2) is 0 Å². The molecular formula is C26H32O4. The lowest BCUT2D eigenvalue weighted by Crippen LogP contribution is -2.20. The van der Waals surface area contributed by atoms with Gasteiger partial charge in [-0.05, 0) is 12.8 Å². The molecule has 0 bridgehead atoms. The number of esters is 2. The Balaban J connectivity index is 2.44. The number of ether oxygens (including phenoxy) is 2. The van der Waals surface area contributed by atoms with Gasteiger partial charge in [-0.2, -0.15) is 0 Å². The predicted octanol–water partition coefficient (Wildman–Crippen LogP) is 6.40. The topological polar surface area (TPSA) is 52.6 Å². The van der Waals surface area contributed by atoms with Gasteiger partial charge in [0.15, 0.2) is 0 Å². The van der Waals surface area contributed by atoms with Crippen molar-refractivity contribution in [2.45, 2.75) is 46.3 Å². The molecule has 1 atom stereocenters. The third kappa shape index (κ3) is 11.6. The minimum atomic E-state index is -1.03. The molecule has 0 aliphatic rings. The summed E-state index contributed by atoms with van der Waals surface area (Å²) < 4.78 is 10.8. The van der Waals surface area contributed by atoms with Crippen molar-refractivity contribution in [3.8, 4) is 0 Å². The first-order valence-corrected chi connectivity index (χ1v) is 10.3. The van der Waals surface area contributed by atoms with E-state index in [0.29, 0.717) is 12.0 Å². The van der Waals surface area contributed by atoms with E-state index in [1.54, 1.807) is 38.1 Å². The molecule has 4 heteroatoms. The summed E-state index contributed by atoms with van der Waals surface area (Å²) in [7, 11) is 0. The van der Waals surface area contributed by atoms with E-state index in [9.17, 15) is 9.59 Å². The molecule has 0 spiro atoms. The highest BCUT2D eigenvalue weighted by molar-refractivity contribution is 5.73. The van der Waals surface area contributed by atoms with Gasteiger partial charge in [0.2, 0.25) is 0 Å². The third-order valence-electron chi connectivity index (χ3n) is 3.81. The van der Waals surface area contributed by atoms with E-state index in [1.165, 1.54) is 0 Å². The fourth-order valence-electron chi connectivity index (χ4n) is 2.17. The summed E-state index contributed by atoms with van der Waals surface area (Å²) in [6, 6.07) is 8.99. The summed E-state index contributed by atoms with van der Waals surface area (Å²) in [6.07, 6.45) is 20.3. The van der Waals surface area contributed by atoms with Crippen LogP contribution in [-0.4, -0.2) is 11.9 Å². The Kier molecular flexibility index (Phi) is 13.1. The van der Waals surface area contributed by atoms with Crippen LogP contribution in [0.5, 0.6) is 0 Å². The van der Waals surface area contributed by atoms with Gasteiger partial charge in [0.1, 0.15) is 0 Å². The van der Waals surface area contributed by atoms with Crippen molar-refractivity contribution in [2.24, 2.45) is 5.92 Å². The van der Waals surface area contributed by atoms with E-state index >= 15 is 0 Å². The van der Waals surface area contributed by atoms with Crippen LogP contribution in [0.25, 0.3) is 0 Å². The first kappa shape index (κ1) is 24.9. The molecular weight excluding hydrogens is 376 g/mol. The molecule has 30 heavy (non-hydrogen) atoms. The van der Waals surface area contributed by atoms with Crippen molar-refractivity contribution in [1.29, 1.82) is 0 Å². The zero-order valence-corrected chi connectivity index (χ0v) is 18.1. The van der Waals surface area contributed by atoms with E-state index in [2.05, 4.69) is 13.0 Å². The standard InChI is InChI=1S/C26H32O4/c1-4-5-6-7-8-9-10-11-12-13-14-18-21-24(27)29-26(30-25(28)22(2)3)23-19-16-15-17-20-23/h5-17,19-20,22,26H,4,18,21H2,1-3H3/b6-5+,8-7?,10-9?,12-11?,14-13?. The van der Waals surface area contributed by atoms with Gasteiger partial charge < -0.3 is 9.47 Å². The predicted molar refractivity (Wildman–Crippen MR) is 121 cm³/mol. The molecule has 1 unspecified atom stereocenters. The maximum atomic E-state index is 12.2. The first-order valence-electron chi connectivity index (χ1n) is 10.3. The zero-order chi connectivity index (χ0) is 22.0. The quantitative estimate of drug-likeness (QED) is 0.228. The maximum absolute atomic E-state index is 12.2. The van der Waals surface area contributed by atoms with Gasteiger partial charge >= 0.3 is 11.9 Å². The Bertz CT molecular complexity index is 767. The van der Waals surface area contributed by atoms with Crippen LogP contribution in [0.2, 0.25) is 0 Å². The van der Waals surface area contributed by atoms with Gasteiger partial charge in [-0.1, -0.05) is 112 Å². The molecule has 0 radical (unpaired) electrons. The third-order valence-corrected chi connectivity index (χ3v) is 3.81. The summed E-state index contributed by atoms with van der Waals surface area (Å²) >= 11 is 0. The van der Waals surface area contributed by atoms with Gasteiger partial charge in [-0.15, -0.1) is 0 Å². The molecule has 160 valence electrons. The second kappa shape index (κ2) is 15.7. The average molecular weight is 409 g/mol. The van der Waals surface area contributed by atoms with Crippen molar-refractivity contribution >= 4 is 11.9 Å².